The van der Waals surface area contributed by atoms with Crippen LogP contribution >= 0.6 is 12.4 Å². The fourth-order valence-electron chi connectivity index (χ4n) is 3.15. The second-order valence-corrected chi connectivity index (χ2v) is 6.18. The Labute approximate surface area is 143 Å². The summed E-state index contributed by atoms with van der Waals surface area (Å²) in [7, 11) is 0. The van der Waals surface area contributed by atoms with Gasteiger partial charge in [-0.25, -0.2) is 0 Å². The van der Waals surface area contributed by atoms with Crippen molar-refractivity contribution in [3.05, 3.63) is 35.4 Å². The van der Waals surface area contributed by atoms with E-state index in [1.807, 2.05) is 0 Å². The zero-order valence-corrected chi connectivity index (χ0v) is 13.4. The Kier molecular flexibility index (Phi) is 5.13. The predicted octanol–water partition coefficient (Wildman–Crippen LogP) is 3.16. The lowest BCUT2D eigenvalue weighted by Gasteiger charge is -2.15. The fraction of sp³-hybridized carbons (Fsp3) is 0.500. The molecule has 1 N–H and O–H groups in total. The SMILES string of the molecule is Cl.O=C(O)C1CCN(C(=O)C2CC2c2ccc(C(F)(F)F)cc2)C1. The summed E-state index contributed by atoms with van der Waals surface area (Å²) in [6.07, 6.45) is -3.30. The molecule has 1 heterocycles. The van der Waals surface area contributed by atoms with Crippen LogP contribution in [0.15, 0.2) is 24.3 Å². The van der Waals surface area contributed by atoms with Crippen LogP contribution < -0.4 is 0 Å². The molecule has 1 aliphatic carbocycles. The second kappa shape index (κ2) is 6.63. The average Bonchev–Trinajstić information content (AvgIpc) is 3.13. The summed E-state index contributed by atoms with van der Waals surface area (Å²) >= 11 is 0. The first-order valence-corrected chi connectivity index (χ1v) is 7.46. The molecule has 0 aromatic heterocycles. The van der Waals surface area contributed by atoms with Gasteiger partial charge in [-0.1, -0.05) is 12.1 Å². The minimum absolute atomic E-state index is 0. The second-order valence-electron chi connectivity index (χ2n) is 6.18. The molecule has 1 aromatic rings. The van der Waals surface area contributed by atoms with E-state index < -0.39 is 23.6 Å². The maximum atomic E-state index is 12.5. The third-order valence-corrected chi connectivity index (χ3v) is 4.62. The van der Waals surface area contributed by atoms with Gasteiger partial charge in [0, 0.05) is 19.0 Å². The molecule has 1 saturated carbocycles. The highest BCUT2D eigenvalue weighted by atomic mass is 35.5. The number of rotatable bonds is 3. The number of alkyl halides is 3. The molecule has 1 saturated heterocycles. The van der Waals surface area contributed by atoms with Crippen molar-refractivity contribution in [3.8, 4) is 0 Å². The summed E-state index contributed by atoms with van der Waals surface area (Å²) in [6.45, 7) is 0.663. The first-order chi connectivity index (χ1) is 10.8. The number of amides is 1. The molecular weight excluding hydrogens is 347 g/mol. The van der Waals surface area contributed by atoms with Gasteiger partial charge in [0.1, 0.15) is 0 Å². The molecule has 0 radical (unpaired) electrons. The number of carboxylic acid groups (broad SMARTS) is 1. The van der Waals surface area contributed by atoms with E-state index in [0.717, 1.165) is 17.7 Å². The molecule has 1 amide bonds. The van der Waals surface area contributed by atoms with Gasteiger partial charge in [-0.2, -0.15) is 13.2 Å². The number of halogens is 4. The van der Waals surface area contributed by atoms with E-state index in [2.05, 4.69) is 0 Å². The summed E-state index contributed by atoms with van der Waals surface area (Å²) in [5.41, 5.74) is 0.0268. The minimum Gasteiger partial charge on any atom is -0.481 e. The van der Waals surface area contributed by atoms with Crippen molar-refractivity contribution < 1.29 is 27.9 Å². The number of aliphatic carboxylic acids is 1. The molecule has 1 aromatic carbocycles. The monoisotopic (exact) mass is 363 g/mol. The number of hydrogen-bond acceptors (Lipinski definition) is 2. The molecule has 8 heteroatoms. The maximum absolute atomic E-state index is 12.5. The van der Waals surface area contributed by atoms with Gasteiger partial charge >= 0.3 is 12.1 Å². The van der Waals surface area contributed by atoms with E-state index in [-0.39, 0.29) is 36.7 Å². The van der Waals surface area contributed by atoms with Crippen molar-refractivity contribution in [1.82, 2.24) is 4.90 Å². The first-order valence-electron chi connectivity index (χ1n) is 7.46. The Hall–Kier alpha value is -1.76. The van der Waals surface area contributed by atoms with Crippen LogP contribution in [0.1, 0.15) is 29.9 Å². The van der Waals surface area contributed by atoms with Crippen LogP contribution in [0.5, 0.6) is 0 Å². The van der Waals surface area contributed by atoms with Crippen molar-refractivity contribution in [2.75, 3.05) is 13.1 Å². The van der Waals surface area contributed by atoms with E-state index >= 15 is 0 Å². The molecule has 132 valence electrons. The smallest absolute Gasteiger partial charge is 0.416 e. The number of carbonyl (C=O) groups is 2. The number of carbonyl (C=O) groups excluding carboxylic acids is 1. The molecule has 0 spiro atoms. The Balaban J connectivity index is 0.00000208. The maximum Gasteiger partial charge on any atom is 0.416 e. The Morgan fingerprint density at radius 1 is 1.17 bits per heavy atom. The third kappa shape index (κ3) is 3.66. The van der Waals surface area contributed by atoms with Gasteiger partial charge < -0.3 is 10.0 Å². The van der Waals surface area contributed by atoms with Crippen molar-refractivity contribution >= 4 is 24.3 Å². The molecule has 4 nitrogen and oxygen atoms in total. The van der Waals surface area contributed by atoms with Crippen LogP contribution in [0.25, 0.3) is 0 Å². The van der Waals surface area contributed by atoms with Crippen LogP contribution in [-0.2, 0) is 15.8 Å². The van der Waals surface area contributed by atoms with E-state index in [1.54, 1.807) is 4.90 Å². The number of nitrogens with zero attached hydrogens (tertiary/aromatic N) is 1. The van der Waals surface area contributed by atoms with Gasteiger partial charge in [-0.05, 0) is 36.5 Å². The molecule has 3 rings (SSSR count). The van der Waals surface area contributed by atoms with Gasteiger partial charge in [0.15, 0.2) is 0 Å². The Morgan fingerprint density at radius 3 is 2.29 bits per heavy atom. The number of benzene rings is 1. The van der Waals surface area contributed by atoms with Crippen molar-refractivity contribution in [3.63, 3.8) is 0 Å². The number of carboxylic acids is 1. The van der Waals surface area contributed by atoms with E-state index in [1.165, 1.54) is 12.1 Å². The van der Waals surface area contributed by atoms with Gasteiger partial charge in [0.2, 0.25) is 5.91 Å². The summed E-state index contributed by atoms with van der Waals surface area (Å²) in [5.74, 6) is -1.79. The van der Waals surface area contributed by atoms with E-state index in [4.69, 9.17) is 5.11 Å². The van der Waals surface area contributed by atoms with Crippen LogP contribution in [0.3, 0.4) is 0 Å². The molecular formula is C16H17ClF3NO3. The zero-order chi connectivity index (χ0) is 16.8. The lowest BCUT2D eigenvalue weighted by atomic mass is 10.1. The molecule has 1 aliphatic heterocycles. The highest BCUT2D eigenvalue weighted by Gasteiger charge is 2.47. The van der Waals surface area contributed by atoms with Crippen LogP contribution in [0, 0.1) is 11.8 Å². The molecule has 24 heavy (non-hydrogen) atoms. The summed E-state index contributed by atoms with van der Waals surface area (Å²) in [5, 5.41) is 8.96. The Morgan fingerprint density at radius 2 is 1.79 bits per heavy atom. The highest BCUT2D eigenvalue weighted by Crippen LogP contribution is 2.49. The number of hydrogen-bond donors (Lipinski definition) is 1. The minimum atomic E-state index is -4.36. The van der Waals surface area contributed by atoms with Gasteiger partial charge in [0.25, 0.3) is 0 Å². The van der Waals surface area contributed by atoms with Crippen molar-refractivity contribution in [2.24, 2.45) is 11.8 Å². The standard InChI is InChI=1S/C16H16F3NO3.ClH/c17-16(18,19)11-3-1-9(2-4-11)12-7-13(12)14(21)20-6-5-10(8-20)15(22)23;/h1-4,10,12-13H,5-8H2,(H,22,23);1H. The summed E-state index contributed by atoms with van der Waals surface area (Å²) in [6, 6.07) is 4.91. The largest absolute Gasteiger partial charge is 0.481 e. The summed E-state index contributed by atoms with van der Waals surface area (Å²) in [4.78, 5) is 24.8. The summed E-state index contributed by atoms with van der Waals surface area (Å²) < 4.78 is 37.6. The quantitative estimate of drug-likeness (QED) is 0.897. The topological polar surface area (TPSA) is 57.6 Å². The van der Waals surface area contributed by atoms with Crippen LogP contribution in [0.4, 0.5) is 13.2 Å². The zero-order valence-electron chi connectivity index (χ0n) is 12.6. The molecule has 2 aliphatic rings. The molecule has 0 bridgehead atoms. The highest BCUT2D eigenvalue weighted by molar-refractivity contribution is 5.85. The molecule has 2 fully saturated rings. The number of likely N-dealkylation sites (tertiary alicyclic amines) is 1. The van der Waals surface area contributed by atoms with E-state index in [0.29, 0.717) is 19.4 Å². The van der Waals surface area contributed by atoms with Crippen LogP contribution in [-0.4, -0.2) is 35.0 Å². The molecule has 3 atom stereocenters. The normalized spacial score (nSPS) is 26.0. The third-order valence-electron chi connectivity index (χ3n) is 4.62. The van der Waals surface area contributed by atoms with Gasteiger partial charge in [-0.3, -0.25) is 9.59 Å². The Bertz CT molecular complexity index is 632. The van der Waals surface area contributed by atoms with Crippen molar-refractivity contribution in [2.45, 2.75) is 24.9 Å². The van der Waals surface area contributed by atoms with E-state index in [9.17, 15) is 22.8 Å². The lowest BCUT2D eigenvalue weighted by Crippen LogP contribution is -2.31. The predicted molar refractivity (Wildman–Crippen MR) is 81.9 cm³/mol. The first kappa shape index (κ1) is 18.6. The van der Waals surface area contributed by atoms with Crippen LogP contribution in [0.2, 0.25) is 0 Å². The average molecular weight is 364 g/mol. The van der Waals surface area contributed by atoms with Gasteiger partial charge in [0.05, 0.1) is 11.5 Å². The van der Waals surface area contributed by atoms with Gasteiger partial charge in [-0.15, -0.1) is 12.4 Å². The van der Waals surface area contributed by atoms with Crippen molar-refractivity contribution in [1.29, 1.82) is 0 Å². The fourth-order valence-corrected chi connectivity index (χ4v) is 3.15. The lowest BCUT2D eigenvalue weighted by molar-refractivity contribution is -0.141. The molecule has 3 unspecified atom stereocenters.